The molecule has 19 heavy (non-hydrogen) atoms. The summed E-state index contributed by atoms with van der Waals surface area (Å²) in [6, 6.07) is 2.78. The fraction of sp³-hybridized carbons (Fsp3) is 0.462. The van der Waals surface area contributed by atoms with Crippen LogP contribution in [0.4, 0.5) is 0 Å². The minimum absolute atomic E-state index is 0.0361. The van der Waals surface area contributed by atoms with Crippen LogP contribution in [-0.2, 0) is 4.79 Å². The first-order valence-corrected chi connectivity index (χ1v) is 6.52. The Hall–Kier alpha value is -1.62. The summed E-state index contributed by atoms with van der Waals surface area (Å²) in [7, 11) is 3.40. The lowest BCUT2D eigenvalue weighted by molar-refractivity contribution is -0.132. The van der Waals surface area contributed by atoms with Crippen molar-refractivity contribution in [1.82, 2.24) is 14.8 Å². The molecule has 0 N–H and O–H groups in total. The molecule has 6 heteroatoms. The van der Waals surface area contributed by atoms with Gasteiger partial charge in [-0.1, -0.05) is 11.6 Å². The first-order valence-electron chi connectivity index (χ1n) is 6.14. The third kappa shape index (κ3) is 2.87. The van der Waals surface area contributed by atoms with E-state index < -0.39 is 0 Å². The van der Waals surface area contributed by atoms with E-state index in [4.69, 9.17) is 11.6 Å². The van der Waals surface area contributed by atoms with Crippen LogP contribution in [0.25, 0.3) is 0 Å². The lowest BCUT2D eigenvalue weighted by atomic mass is 10.1. The largest absolute Gasteiger partial charge is 0.347 e. The summed E-state index contributed by atoms with van der Waals surface area (Å²) in [5.74, 6) is -0.201. The second kappa shape index (κ2) is 5.57. The van der Waals surface area contributed by atoms with Gasteiger partial charge < -0.3 is 9.80 Å². The van der Waals surface area contributed by atoms with E-state index in [9.17, 15) is 9.59 Å². The Labute approximate surface area is 117 Å². The van der Waals surface area contributed by atoms with Crippen LogP contribution < -0.4 is 0 Å². The summed E-state index contributed by atoms with van der Waals surface area (Å²) >= 11 is 5.79. The number of nitrogens with zero attached hydrogens (tertiary/aromatic N) is 3. The van der Waals surface area contributed by atoms with Gasteiger partial charge in [-0.15, -0.1) is 0 Å². The summed E-state index contributed by atoms with van der Waals surface area (Å²) in [6.45, 7) is 0.600. The first-order chi connectivity index (χ1) is 9.00. The number of pyridine rings is 1. The highest BCUT2D eigenvalue weighted by molar-refractivity contribution is 6.29. The van der Waals surface area contributed by atoms with Gasteiger partial charge in [0.15, 0.2) is 0 Å². The van der Waals surface area contributed by atoms with E-state index in [1.807, 2.05) is 0 Å². The fourth-order valence-corrected chi connectivity index (χ4v) is 2.44. The van der Waals surface area contributed by atoms with Gasteiger partial charge in [-0.25, -0.2) is 4.98 Å². The van der Waals surface area contributed by atoms with Gasteiger partial charge in [-0.05, 0) is 25.0 Å². The highest BCUT2D eigenvalue weighted by Crippen LogP contribution is 2.22. The Morgan fingerprint density at radius 1 is 1.47 bits per heavy atom. The average Bonchev–Trinajstić information content (AvgIpc) is 2.85. The van der Waals surface area contributed by atoms with Gasteiger partial charge in [0.1, 0.15) is 11.2 Å². The Bertz CT molecular complexity index is 504. The number of carbonyl (C=O) groups excluding carboxylic acids is 2. The maximum absolute atomic E-state index is 12.4. The maximum Gasteiger partial charge on any atom is 0.254 e. The lowest BCUT2D eigenvalue weighted by Crippen LogP contribution is -2.45. The third-order valence-electron chi connectivity index (χ3n) is 3.21. The van der Waals surface area contributed by atoms with E-state index in [1.165, 1.54) is 17.2 Å². The van der Waals surface area contributed by atoms with E-state index in [0.29, 0.717) is 18.5 Å². The summed E-state index contributed by atoms with van der Waals surface area (Å²) in [4.78, 5) is 31.5. The van der Waals surface area contributed by atoms with Gasteiger partial charge in [0, 0.05) is 32.4 Å². The number of likely N-dealkylation sites (N-methyl/N-ethyl adjacent to an activating group) is 1. The van der Waals surface area contributed by atoms with E-state index in [1.54, 1.807) is 25.1 Å². The van der Waals surface area contributed by atoms with Crippen LogP contribution in [0.15, 0.2) is 18.3 Å². The second-order valence-corrected chi connectivity index (χ2v) is 5.14. The molecule has 0 radical (unpaired) electrons. The molecule has 0 aromatic carbocycles. The predicted octanol–water partition coefficient (Wildman–Crippen LogP) is 1.43. The molecule has 1 aliphatic rings. The number of aromatic nitrogens is 1. The molecular formula is C13H16ClN3O2. The van der Waals surface area contributed by atoms with Crippen molar-refractivity contribution in [3.8, 4) is 0 Å². The van der Waals surface area contributed by atoms with E-state index in [-0.39, 0.29) is 23.0 Å². The van der Waals surface area contributed by atoms with E-state index in [0.717, 1.165) is 6.42 Å². The van der Waals surface area contributed by atoms with Crippen molar-refractivity contribution in [2.45, 2.75) is 18.9 Å². The van der Waals surface area contributed by atoms with E-state index >= 15 is 0 Å². The van der Waals surface area contributed by atoms with Crippen molar-refractivity contribution in [2.75, 3.05) is 20.6 Å². The Kier molecular flexibility index (Phi) is 4.04. The molecule has 1 fully saturated rings. The number of carbonyl (C=O) groups is 2. The van der Waals surface area contributed by atoms with Crippen molar-refractivity contribution >= 4 is 23.4 Å². The molecule has 0 spiro atoms. The normalized spacial score (nSPS) is 18.5. The van der Waals surface area contributed by atoms with Gasteiger partial charge in [0.25, 0.3) is 5.91 Å². The van der Waals surface area contributed by atoms with Crippen LogP contribution in [0.2, 0.25) is 5.15 Å². The molecule has 1 aromatic rings. The molecule has 1 unspecified atom stereocenters. The summed E-state index contributed by atoms with van der Waals surface area (Å²) in [5, 5.41) is 0.278. The Morgan fingerprint density at radius 3 is 2.84 bits per heavy atom. The highest BCUT2D eigenvalue weighted by Gasteiger charge is 2.35. The molecule has 2 amide bonds. The number of hydrogen-bond donors (Lipinski definition) is 0. The summed E-state index contributed by atoms with van der Waals surface area (Å²) in [5.41, 5.74) is 0.471. The van der Waals surface area contributed by atoms with Crippen LogP contribution in [-0.4, -0.2) is 53.3 Å². The highest BCUT2D eigenvalue weighted by atomic mass is 35.5. The topological polar surface area (TPSA) is 53.5 Å². The molecule has 1 aromatic heterocycles. The SMILES string of the molecule is CN(C)C(=O)C1CCCN1C(=O)c1ccnc(Cl)c1. The smallest absolute Gasteiger partial charge is 0.254 e. The number of hydrogen-bond acceptors (Lipinski definition) is 3. The first kappa shape index (κ1) is 13.8. The molecule has 2 rings (SSSR count). The lowest BCUT2D eigenvalue weighted by Gasteiger charge is -2.26. The Morgan fingerprint density at radius 2 is 2.21 bits per heavy atom. The second-order valence-electron chi connectivity index (χ2n) is 4.76. The number of amides is 2. The molecule has 0 bridgehead atoms. The van der Waals surface area contributed by atoms with Crippen molar-refractivity contribution in [2.24, 2.45) is 0 Å². The molecule has 5 nitrogen and oxygen atoms in total. The predicted molar refractivity (Wildman–Crippen MR) is 72.0 cm³/mol. The fourth-order valence-electron chi connectivity index (χ4n) is 2.27. The minimum atomic E-state index is -0.366. The maximum atomic E-state index is 12.4. The summed E-state index contributed by atoms with van der Waals surface area (Å²) < 4.78 is 0. The van der Waals surface area contributed by atoms with Gasteiger partial charge >= 0.3 is 0 Å². The molecule has 2 heterocycles. The zero-order valence-electron chi connectivity index (χ0n) is 11.0. The zero-order valence-corrected chi connectivity index (χ0v) is 11.7. The average molecular weight is 282 g/mol. The quantitative estimate of drug-likeness (QED) is 0.771. The van der Waals surface area contributed by atoms with Crippen molar-refractivity contribution in [3.05, 3.63) is 29.0 Å². The molecule has 1 aliphatic heterocycles. The van der Waals surface area contributed by atoms with Crippen molar-refractivity contribution in [1.29, 1.82) is 0 Å². The van der Waals surface area contributed by atoms with Gasteiger partial charge in [-0.2, -0.15) is 0 Å². The number of likely N-dealkylation sites (tertiary alicyclic amines) is 1. The minimum Gasteiger partial charge on any atom is -0.347 e. The molecule has 0 saturated carbocycles. The zero-order chi connectivity index (χ0) is 14.0. The third-order valence-corrected chi connectivity index (χ3v) is 3.42. The van der Waals surface area contributed by atoms with Crippen LogP contribution >= 0.6 is 11.6 Å². The Balaban J connectivity index is 2.21. The molecular weight excluding hydrogens is 266 g/mol. The molecule has 1 atom stereocenters. The monoisotopic (exact) mass is 281 g/mol. The number of rotatable bonds is 2. The number of halogens is 1. The molecule has 102 valence electrons. The van der Waals surface area contributed by atoms with Crippen LogP contribution in [0.5, 0.6) is 0 Å². The molecule has 0 aliphatic carbocycles. The van der Waals surface area contributed by atoms with Crippen LogP contribution in [0.3, 0.4) is 0 Å². The van der Waals surface area contributed by atoms with Gasteiger partial charge in [0.05, 0.1) is 0 Å². The van der Waals surface area contributed by atoms with Crippen LogP contribution in [0.1, 0.15) is 23.2 Å². The van der Waals surface area contributed by atoms with Gasteiger partial charge in [0.2, 0.25) is 5.91 Å². The van der Waals surface area contributed by atoms with Crippen LogP contribution in [0, 0.1) is 0 Å². The van der Waals surface area contributed by atoms with Gasteiger partial charge in [-0.3, -0.25) is 9.59 Å². The van der Waals surface area contributed by atoms with Crippen molar-refractivity contribution < 1.29 is 9.59 Å². The van der Waals surface area contributed by atoms with Crippen molar-refractivity contribution in [3.63, 3.8) is 0 Å². The van der Waals surface area contributed by atoms with E-state index in [2.05, 4.69) is 4.98 Å². The standard InChI is InChI=1S/C13H16ClN3O2/c1-16(2)13(19)10-4-3-7-17(10)12(18)9-5-6-15-11(14)8-9/h5-6,8,10H,3-4,7H2,1-2H3. The summed E-state index contributed by atoms with van der Waals surface area (Å²) in [6.07, 6.45) is 3.05. The molecule has 1 saturated heterocycles.